The summed E-state index contributed by atoms with van der Waals surface area (Å²) in [5, 5.41) is 5.72. The van der Waals surface area contributed by atoms with Crippen LogP contribution in [-0.2, 0) is 10.0 Å². The van der Waals surface area contributed by atoms with Crippen LogP contribution in [0.4, 0.5) is 22.0 Å². The summed E-state index contributed by atoms with van der Waals surface area (Å²) >= 11 is 0. The third kappa shape index (κ3) is 5.80. The van der Waals surface area contributed by atoms with Gasteiger partial charge in [-0.05, 0) is 62.6 Å². The van der Waals surface area contributed by atoms with Gasteiger partial charge >= 0.3 is 6.03 Å². The summed E-state index contributed by atoms with van der Waals surface area (Å²) in [6.07, 6.45) is 2.32. The van der Waals surface area contributed by atoms with Gasteiger partial charge in [0.2, 0.25) is 10.0 Å². The number of sulfonamides is 1. The number of aryl methyl sites for hydroxylation is 3. The molecule has 1 aromatic heterocycles. The second-order valence-electron chi connectivity index (χ2n) is 8.81. The Kier molecular flexibility index (Phi) is 7.37. The number of carbonyl (C=O) groups is 1. The van der Waals surface area contributed by atoms with E-state index < -0.39 is 10.0 Å². The monoisotopic (exact) mass is 493 g/mol. The molecule has 35 heavy (non-hydrogen) atoms. The lowest BCUT2D eigenvalue weighted by Crippen LogP contribution is -2.35. The number of anilines is 3. The molecule has 2 N–H and O–H groups in total. The molecule has 1 aliphatic rings. The van der Waals surface area contributed by atoms with Crippen molar-refractivity contribution in [1.29, 1.82) is 0 Å². The molecule has 2 heterocycles. The average molecular weight is 494 g/mol. The van der Waals surface area contributed by atoms with E-state index in [-0.39, 0.29) is 6.03 Å². The van der Waals surface area contributed by atoms with Crippen molar-refractivity contribution in [2.24, 2.45) is 0 Å². The summed E-state index contributed by atoms with van der Waals surface area (Å²) in [7, 11) is -3.53. The van der Waals surface area contributed by atoms with Crippen LogP contribution in [0.15, 0.2) is 65.7 Å². The number of hydrogen-bond donors (Lipinski definition) is 2. The van der Waals surface area contributed by atoms with Crippen LogP contribution in [0.5, 0.6) is 0 Å². The first kappa shape index (κ1) is 24.7. The highest BCUT2D eigenvalue weighted by Gasteiger charge is 2.27. The van der Waals surface area contributed by atoms with Crippen molar-refractivity contribution >= 4 is 33.2 Å². The summed E-state index contributed by atoms with van der Waals surface area (Å²) in [4.78, 5) is 19.4. The van der Waals surface area contributed by atoms with Crippen LogP contribution in [0.25, 0.3) is 0 Å². The number of amides is 2. The van der Waals surface area contributed by atoms with Crippen LogP contribution in [0.3, 0.4) is 0 Å². The predicted octanol–water partition coefficient (Wildman–Crippen LogP) is 4.55. The number of benzene rings is 2. The first-order valence-corrected chi connectivity index (χ1v) is 13.1. The third-order valence-electron chi connectivity index (χ3n) is 6.16. The Hall–Kier alpha value is -3.43. The molecular formula is C26H31N5O3S. The molecule has 1 saturated heterocycles. The molecule has 4 rings (SSSR count). The summed E-state index contributed by atoms with van der Waals surface area (Å²) in [5.74, 6) is 0.750. The van der Waals surface area contributed by atoms with Crippen molar-refractivity contribution in [3.63, 3.8) is 0 Å². The topological polar surface area (TPSA) is 94.6 Å². The minimum Gasteiger partial charge on any atom is -0.355 e. The standard InChI is InChI=1S/C26H31N5O3S/c1-19-8-11-23(12-9-19)35(33,34)31-15-5-14-30(16-17-31)24-13-10-22(18-27-24)28-26(32)29-25-20(2)6-4-7-21(25)3/h4,6-13,18H,5,14-17H2,1-3H3,(H2,28,29,32). The van der Waals surface area contributed by atoms with Crippen LogP contribution in [0.1, 0.15) is 23.1 Å². The van der Waals surface area contributed by atoms with E-state index in [1.807, 2.05) is 57.2 Å². The van der Waals surface area contributed by atoms with E-state index in [1.54, 1.807) is 28.7 Å². The summed E-state index contributed by atoms with van der Waals surface area (Å²) < 4.78 is 27.7. The Morgan fingerprint density at radius 1 is 0.857 bits per heavy atom. The quantitative estimate of drug-likeness (QED) is 0.544. The van der Waals surface area contributed by atoms with Crippen molar-refractivity contribution in [3.8, 4) is 0 Å². The fraction of sp³-hybridized carbons (Fsp3) is 0.308. The maximum atomic E-state index is 13.1. The fourth-order valence-electron chi connectivity index (χ4n) is 4.16. The van der Waals surface area contributed by atoms with Gasteiger partial charge in [-0.1, -0.05) is 35.9 Å². The van der Waals surface area contributed by atoms with Crippen LogP contribution < -0.4 is 15.5 Å². The SMILES string of the molecule is Cc1ccc(S(=O)(=O)N2CCCN(c3ccc(NC(=O)Nc4c(C)cccc4C)cn3)CC2)cc1. The molecule has 0 radical (unpaired) electrons. The third-order valence-corrected chi connectivity index (χ3v) is 8.08. The second kappa shape index (κ2) is 10.5. The Balaban J connectivity index is 1.37. The highest BCUT2D eigenvalue weighted by molar-refractivity contribution is 7.89. The van der Waals surface area contributed by atoms with Gasteiger partial charge in [0.05, 0.1) is 16.8 Å². The molecular weight excluding hydrogens is 462 g/mol. The highest BCUT2D eigenvalue weighted by atomic mass is 32.2. The molecule has 184 valence electrons. The number of nitrogens with one attached hydrogen (secondary N) is 2. The van der Waals surface area contributed by atoms with Crippen molar-refractivity contribution in [3.05, 3.63) is 77.5 Å². The van der Waals surface area contributed by atoms with E-state index >= 15 is 0 Å². The van der Waals surface area contributed by atoms with Crippen molar-refractivity contribution in [2.45, 2.75) is 32.1 Å². The van der Waals surface area contributed by atoms with Crippen molar-refractivity contribution < 1.29 is 13.2 Å². The van der Waals surface area contributed by atoms with Crippen LogP contribution in [0.2, 0.25) is 0 Å². The second-order valence-corrected chi connectivity index (χ2v) is 10.7. The van der Waals surface area contributed by atoms with Gasteiger partial charge in [-0.3, -0.25) is 0 Å². The zero-order valence-corrected chi connectivity index (χ0v) is 21.1. The smallest absolute Gasteiger partial charge is 0.323 e. The van der Waals surface area contributed by atoms with Gasteiger partial charge in [-0.2, -0.15) is 4.31 Å². The van der Waals surface area contributed by atoms with Gasteiger partial charge in [0.1, 0.15) is 5.82 Å². The molecule has 0 bridgehead atoms. The highest BCUT2D eigenvalue weighted by Crippen LogP contribution is 2.22. The molecule has 0 atom stereocenters. The Labute approximate surface area is 207 Å². The van der Waals surface area contributed by atoms with E-state index in [2.05, 4.69) is 20.5 Å². The van der Waals surface area contributed by atoms with Gasteiger partial charge in [0.25, 0.3) is 0 Å². The first-order valence-electron chi connectivity index (χ1n) is 11.7. The lowest BCUT2D eigenvalue weighted by atomic mass is 10.1. The largest absolute Gasteiger partial charge is 0.355 e. The first-order chi connectivity index (χ1) is 16.7. The minimum absolute atomic E-state index is 0.323. The number of hydrogen-bond acceptors (Lipinski definition) is 5. The maximum Gasteiger partial charge on any atom is 0.323 e. The zero-order chi connectivity index (χ0) is 25.0. The fourth-order valence-corrected chi connectivity index (χ4v) is 5.63. The molecule has 0 aliphatic carbocycles. The van der Waals surface area contributed by atoms with Gasteiger partial charge in [-0.15, -0.1) is 0 Å². The van der Waals surface area contributed by atoms with Gasteiger partial charge in [-0.25, -0.2) is 18.2 Å². The lowest BCUT2D eigenvalue weighted by molar-refractivity contribution is 0.262. The molecule has 1 fully saturated rings. The number of para-hydroxylation sites is 1. The number of nitrogens with zero attached hydrogens (tertiary/aromatic N) is 3. The van der Waals surface area contributed by atoms with Gasteiger partial charge in [0, 0.05) is 31.9 Å². The van der Waals surface area contributed by atoms with Crippen molar-refractivity contribution in [1.82, 2.24) is 9.29 Å². The molecule has 8 nitrogen and oxygen atoms in total. The molecule has 2 amide bonds. The molecule has 0 unspecified atom stereocenters. The predicted molar refractivity (Wildman–Crippen MR) is 140 cm³/mol. The summed E-state index contributed by atoms with van der Waals surface area (Å²) in [6.45, 7) is 7.93. The Morgan fingerprint density at radius 2 is 1.57 bits per heavy atom. The molecule has 2 aromatic carbocycles. The van der Waals surface area contributed by atoms with Crippen LogP contribution in [0, 0.1) is 20.8 Å². The Morgan fingerprint density at radius 3 is 2.23 bits per heavy atom. The van der Waals surface area contributed by atoms with Crippen molar-refractivity contribution in [2.75, 3.05) is 41.7 Å². The van der Waals surface area contributed by atoms with Crippen LogP contribution >= 0.6 is 0 Å². The van der Waals surface area contributed by atoms with E-state index in [9.17, 15) is 13.2 Å². The normalized spacial score (nSPS) is 14.9. The molecule has 3 aromatic rings. The summed E-state index contributed by atoms with van der Waals surface area (Å²) in [6, 6.07) is 16.1. The van der Waals surface area contributed by atoms with Gasteiger partial charge < -0.3 is 15.5 Å². The molecule has 9 heteroatoms. The molecule has 0 saturated carbocycles. The lowest BCUT2D eigenvalue weighted by Gasteiger charge is -2.23. The number of urea groups is 1. The van der Waals surface area contributed by atoms with Gasteiger partial charge in [0.15, 0.2) is 0 Å². The van der Waals surface area contributed by atoms with E-state index in [0.717, 1.165) is 28.2 Å². The Bertz CT molecular complexity index is 1270. The van der Waals surface area contributed by atoms with E-state index in [4.69, 9.17) is 0 Å². The molecule has 1 aliphatic heterocycles. The zero-order valence-electron chi connectivity index (χ0n) is 20.3. The van der Waals surface area contributed by atoms with E-state index in [0.29, 0.717) is 43.2 Å². The molecule has 0 spiro atoms. The number of pyridine rings is 1. The number of rotatable bonds is 5. The summed E-state index contributed by atoms with van der Waals surface area (Å²) in [5.41, 5.74) is 4.39. The minimum atomic E-state index is -3.53. The van der Waals surface area contributed by atoms with E-state index in [1.165, 1.54) is 0 Å². The number of carbonyl (C=O) groups excluding carboxylic acids is 1. The average Bonchev–Trinajstić information content (AvgIpc) is 3.09. The maximum absolute atomic E-state index is 13.1. The van der Waals surface area contributed by atoms with Crippen LogP contribution in [-0.4, -0.2) is 49.9 Å². The number of aromatic nitrogens is 1.